The molecule has 2 N–H and O–H groups in total. The van der Waals surface area contributed by atoms with Crippen LogP contribution >= 0.6 is 11.8 Å². The summed E-state index contributed by atoms with van der Waals surface area (Å²) >= 11 is 1.84. The molecule has 1 aromatic heterocycles. The monoisotopic (exact) mass is 317 g/mol. The zero-order chi connectivity index (χ0) is 15.6. The second-order valence-electron chi connectivity index (χ2n) is 4.73. The molecule has 6 heteroatoms. The molecule has 2 rings (SSSR count). The number of hydrogen-bond donors (Lipinski definition) is 2. The van der Waals surface area contributed by atoms with E-state index in [4.69, 9.17) is 0 Å². The lowest BCUT2D eigenvalue weighted by Gasteiger charge is -2.11. The Morgan fingerprint density at radius 2 is 2.05 bits per heavy atom. The predicted molar refractivity (Wildman–Crippen MR) is 93.2 cm³/mol. The van der Waals surface area contributed by atoms with E-state index in [0.29, 0.717) is 6.54 Å². The molecule has 0 saturated carbocycles. The first-order valence-electron chi connectivity index (χ1n) is 7.46. The Morgan fingerprint density at radius 1 is 1.23 bits per heavy atom. The molecule has 0 aliphatic heterocycles. The van der Waals surface area contributed by atoms with Crippen LogP contribution in [0.3, 0.4) is 0 Å². The minimum atomic E-state index is 0.623. The van der Waals surface area contributed by atoms with Crippen LogP contribution in [0, 0.1) is 0 Å². The number of aromatic nitrogens is 2. The van der Waals surface area contributed by atoms with Gasteiger partial charge < -0.3 is 10.6 Å². The standard InChI is InChI=1S/C16H23N5S/c1-3-17-16(19-13-14-9-10-20-21(14)2)18-11-12-22-15-7-5-4-6-8-15/h4-10H,3,11-13H2,1-2H3,(H2,17,18,19). The van der Waals surface area contributed by atoms with Crippen LogP contribution in [-0.4, -0.2) is 34.6 Å². The Morgan fingerprint density at radius 3 is 2.73 bits per heavy atom. The number of rotatable bonds is 7. The van der Waals surface area contributed by atoms with Gasteiger partial charge in [0.15, 0.2) is 5.96 Å². The van der Waals surface area contributed by atoms with Crippen LogP contribution < -0.4 is 10.6 Å². The maximum atomic E-state index is 4.59. The van der Waals surface area contributed by atoms with E-state index < -0.39 is 0 Å². The van der Waals surface area contributed by atoms with E-state index in [9.17, 15) is 0 Å². The molecule has 0 saturated heterocycles. The molecule has 0 spiro atoms. The average molecular weight is 317 g/mol. The van der Waals surface area contributed by atoms with Crippen molar-refractivity contribution in [1.29, 1.82) is 0 Å². The van der Waals surface area contributed by atoms with Crippen molar-refractivity contribution >= 4 is 17.7 Å². The molecule has 0 radical (unpaired) electrons. The molecule has 0 fully saturated rings. The van der Waals surface area contributed by atoms with Gasteiger partial charge in [-0.15, -0.1) is 11.8 Å². The van der Waals surface area contributed by atoms with Crippen molar-refractivity contribution in [2.24, 2.45) is 12.0 Å². The first kappa shape index (κ1) is 16.4. The van der Waals surface area contributed by atoms with Crippen LogP contribution in [0.1, 0.15) is 12.6 Å². The number of benzene rings is 1. The third kappa shape index (κ3) is 5.44. The zero-order valence-electron chi connectivity index (χ0n) is 13.1. The van der Waals surface area contributed by atoms with E-state index in [1.807, 2.05) is 35.6 Å². The average Bonchev–Trinajstić information content (AvgIpc) is 2.95. The molecule has 0 aliphatic rings. The van der Waals surface area contributed by atoms with Crippen molar-refractivity contribution in [1.82, 2.24) is 20.4 Å². The van der Waals surface area contributed by atoms with Gasteiger partial charge in [0, 0.05) is 37.0 Å². The minimum Gasteiger partial charge on any atom is -0.357 e. The fraction of sp³-hybridized carbons (Fsp3) is 0.375. The Kier molecular flexibility index (Phi) is 6.83. The number of nitrogens with zero attached hydrogens (tertiary/aromatic N) is 3. The second-order valence-corrected chi connectivity index (χ2v) is 5.90. The second kappa shape index (κ2) is 9.15. The normalized spacial score (nSPS) is 11.5. The highest BCUT2D eigenvalue weighted by molar-refractivity contribution is 7.99. The summed E-state index contributed by atoms with van der Waals surface area (Å²) in [6, 6.07) is 12.4. The van der Waals surface area contributed by atoms with Crippen molar-refractivity contribution in [3.63, 3.8) is 0 Å². The van der Waals surface area contributed by atoms with Gasteiger partial charge in [-0.25, -0.2) is 4.99 Å². The Balaban J connectivity index is 1.77. The van der Waals surface area contributed by atoms with Gasteiger partial charge in [-0.05, 0) is 25.1 Å². The van der Waals surface area contributed by atoms with Crippen molar-refractivity contribution < 1.29 is 0 Å². The minimum absolute atomic E-state index is 0.623. The maximum Gasteiger partial charge on any atom is 0.191 e. The van der Waals surface area contributed by atoms with E-state index in [1.165, 1.54) is 4.90 Å². The van der Waals surface area contributed by atoms with Gasteiger partial charge in [0.2, 0.25) is 0 Å². The molecular formula is C16H23N5S. The highest BCUT2D eigenvalue weighted by Gasteiger charge is 2.00. The largest absolute Gasteiger partial charge is 0.357 e. The first-order valence-corrected chi connectivity index (χ1v) is 8.45. The van der Waals surface area contributed by atoms with Crippen LogP contribution in [0.25, 0.3) is 0 Å². The van der Waals surface area contributed by atoms with Crippen molar-refractivity contribution in [2.75, 3.05) is 18.8 Å². The zero-order valence-corrected chi connectivity index (χ0v) is 13.9. The van der Waals surface area contributed by atoms with Gasteiger partial charge in [0.25, 0.3) is 0 Å². The Labute approximate surface area is 136 Å². The summed E-state index contributed by atoms with van der Waals surface area (Å²) in [6.45, 7) is 4.41. The lowest BCUT2D eigenvalue weighted by atomic mass is 10.4. The van der Waals surface area contributed by atoms with Crippen molar-refractivity contribution in [3.05, 3.63) is 48.3 Å². The predicted octanol–water partition coefficient (Wildman–Crippen LogP) is 2.27. The number of aryl methyl sites for hydroxylation is 1. The number of guanidine groups is 1. The molecule has 0 aliphatic carbocycles. The number of aliphatic imine (C=N–C) groups is 1. The molecule has 118 valence electrons. The lowest BCUT2D eigenvalue weighted by Crippen LogP contribution is -2.38. The van der Waals surface area contributed by atoms with Gasteiger partial charge in [-0.1, -0.05) is 18.2 Å². The van der Waals surface area contributed by atoms with E-state index >= 15 is 0 Å². The summed E-state index contributed by atoms with van der Waals surface area (Å²) in [5.74, 6) is 1.84. The third-order valence-electron chi connectivity index (χ3n) is 3.07. The van der Waals surface area contributed by atoms with E-state index in [-0.39, 0.29) is 0 Å². The van der Waals surface area contributed by atoms with Crippen LogP contribution in [0.2, 0.25) is 0 Å². The Hall–Kier alpha value is -1.95. The topological polar surface area (TPSA) is 54.2 Å². The molecule has 0 bridgehead atoms. The molecule has 1 heterocycles. The van der Waals surface area contributed by atoms with Crippen LogP contribution in [0.4, 0.5) is 0 Å². The van der Waals surface area contributed by atoms with E-state index in [0.717, 1.165) is 30.5 Å². The SMILES string of the molecule is CCNC(=NCc1ccnn1C)NCCSc1ccccc1. The summed E-state index contributed by atoms with van der Waals surface area (Å²) in [4.78, 5) is 5.88. The maximum absolute atomic E-state index is 4.59. The summed E-state index contributed by atoms with van der Waals surface area (Å²) in [7, 11) is 1.93. The van der Waals surface area contributed by atoms with Crippen LogP contribution in [0.15, 0.2) is 52.5 Å². The molecule has 0 amide bonds. The molecule has 1 aromatic carbocycles. The van der Waals surface area contributed by atoms with Gasteiger partial charge in [-0.3, -0.25) is 4.68 Å². The highest BCUT2D eigenvalue weighted by Crippen LogP contribution is 2.15. The van der Waals surface area contributed by atoms with Crippen molar-refractivity contribution in [2.45, 2.75) is 18.4 Å². The summed E-state index contributed by atoms with van der Waals surface area (Å²) in [6.07, 6.45) is 1.79. The number of thioether (sulfide) groups is 1. The van der Waals surface area contributed by atoms with Crippen LogP contribution in [0.5, 0.6) is 0 Å². The number of hydrogen-bond acceptors (Lipinski definition) is 3. The summed E-state index contributed by atoms with van der Waals surface area (Å²) in [5, 5.41) is 10.8. The van der Waals surface area contributed by atoms with Gasteiger partial charge in [0.1, 0.15) is 0 Å². The molecular weight excluding hydrogens is 294 g/mol. The van der Waals surface area contributed by atoms with Gasteiger partial charge in [-0.2, -0.15) is 5.10 Å². The van der Waals surface area contributed by atoms with Crippen molar-refractivity contribution in [3.8, 4) is 0 Å². The molecule has 2 aromatic rings. The van der Waals surface area contributed by atoms with E-state index in [2.05, 4.69) is 51.9 Å². The van der Waals surface area contributed by atoms with Crippen LogP contribution in [-0.2, 0) is 13.6 Å². The smallest absolute Gasteiger partial charge is 0.191 e. The van der Waals surface area contributed by atoms with Gasteiger partial charge >= 0.3 is 0 Å². The molecule has 5 nitrogen and oxygen atoms in total. The highest BCUT2D eigenvalue weighted by atomic mass is 32.2. The third-order valence-corrected chi connectivity index (χ3v) is 4.09. The molecule has 0 unspecified atom stereocenters. The fourth-order valence-corrected chi connectivity index (χ4v) is 2.70. The quantitative estimate of drug-likeness (QED) is 0.356. The Bertz CT molecular complexity index is 579. The van der Waals surface area contributed by atoms with E-state index in [1.54, 1.807) is 6.20 Å². The summed E-state index contributed by atoms with van der Waals surface area (Å²) < 4.78 is 1.85. The molecule has 22 heavy (non-hydrogen) atoms. The molecule has 0 atom stereocenters. The first-order chi connectivity index (χ1) is 10.8. The number of nitrogens with one attached hydrogen (secondary N) is 2. The summed E-state index contributed by atoms with van der Waals surface area (Å²) in [5.41, 5.74) is 1.09. The fourth-order valence-electron chi connectivity index (χ4n) is 1.91. The van der Waals surface area contributed by atoms with Gasteiger partial charge in [0.05, 0.1) is 12.2 Å². The lowest BCUT2D eigenvalue weighted by molar-refractivity contribution is 0.708.